The van der Waals surface area contributed by atoms with Gasteiger partial charge in [-0.3, -0.25) is 9.13 Å². The summed E-state index contributed by atoms with van der Waals surface area (Å²) in [5, 5.41) is 15.9. The molecule has 0 fully saturated rings. The fourth-order valence-electron chi connectivity index (χ4n) is 10.8. The molecule has 6 heterocycles. The van der Waals surface area contributed by atoms with Crippen LogP contribution in [0.3, 0.4) is 0 Å². The second-order valence-corrected chi connectivity index (χ2v) is 17.1. The molecule has 0 saturated carbocycles. The SMILES string of the molecule is c1ccc2c(c1)ccc1c2c2ccccc2n1-c1nc(-n2c3ccc4ccccc4c3c3c4c5ccccc5n5c6ccccc6c(cc32)c45)nc2c1sc1ccccc12. The first kappa shape index (κ1) is 31.2. The maximum absolute atomic E-state index is 5.80. The van der Waals surface area contributed by atoms with Crippen LogP contribution in [0.4, 0.5) is 0 Å². The highest BCUT2D eigenvalue weighted by atomic mass is 32.1. The molecule has 0 aliphatic rings. The fourth-order valence-corrected chi connectivity index (χ4v) is 11.9. The third-order valence-electron chi connectivity index (χ3n) is 13.2. The van der Waals surface area contributed by atoms with Crippen molar-refractivity contribution in [3.63, 3.8) is 0 Å². The summed E-state index contributed by atoms with van der Waals surface area (Å²) in [6.07, 6.45) is 0. The molecule has 15 aromatic rings. The van der Waals surface area contributed by atoms with Gasteiger partial charge in [-0.15, -0.1) is 11.3 Å². The Morgan fingerprint density at radius 2 is 0.933 bits per heavy atom. The molecular weight excluding hydrogens is 751 g/mol. The van der Waals surface area contributed by atoms with Gasteiger partial charge in [0.1, 0.15) is 0 Å². The Balaban J connectivity index is 1.18. The maximum atomic E-state index is 5.80. The Kier molecular flexibility index (Phi) is 5.74. The third kappa shape index (κ3) is 3.74. The molecule has 5 nitrogen and oxygen atoms in total. The Labute approximate surface area is 344 Å². The Bertz CT molecular complexity index is 4370. The summed E-state index contributed by atoms with van der Waals surface area (Å²) >= 11 is 1.77. The zero-order valence-electron chi connectivity index (χ0n) is 31.9. The van der Waals surface area contributed by atoms with Gasteiger partial charge in [-0.25, -0.2) is 4.98 Å². The second-order valence-electron chi connectivity index (χ2n) is 16.1. The highest BCUT2D eigenvalue weighted by molar-refractivity contribution is 7.26. The number of para-hydroxylation sites is 3. The molecule has 9 aromatic carbocycles. The lowest BCUT2D eigenvalue weighted by molar-refractivity contribution is 0.977. The van der Waals surface area contributed by atoms with E-state index in [2.05, 4.69) is 189 Å². The molecule has 0 aliphatic heterocycles. The summed E-state index contributed by atoms with van der Waals surface area (Å²) in [4.78, 5) is 11.5. The molecule has 0 aliphatic carbocycles. The summed E-state index contributed by atoms with van der Waals surface area (Å²) in [7, 11) is 0. The molecule has 0 amide bonds. The molecule has 60 heavy (non-hydrogen) atoms. The van der Waals surface area contributed by atoms with Crippen molar-refractivity contribution >= 4 is 135 Å². The van der Waals surface area contributed by atoms with Crippen LogP contribution >= 0.6 is 11.3 Å². The van der Waals surface area contributed by atoms with Gasteiger partial charge in [0.15, 0.2) is 5.82 Å². The largest absolute Gasteiger partial charge is 0.308 e. The van der Waals surface area contributed by atoms with E-state index in [0.29, 0.717) is 5.95 Å². The number of rotatable bonds is 2. The van der Waals surface area contributed by atoms with Crippen LogP contribution < -0.4 is 0 Å². The van der Waals surface area contributed by atoms with Gasteiger partial charge >= 0.3 is 0 Å². The predicted molar refractivity (Wildman–Crippen MR) is 253 cm³/mol. The van der Waals surface area contributed by atoms with E-state index in [9.17, 15) is 0 Å². The van der Waals surface area contributed by atoms with E-state index in [1.54, 1.807) is 11.3 Å². The lowest BCUT2D eigenvalue weighted by atomic mass is 9.99. The number of fused-ring (bicyclic) bond motifs is 20. The molecule has 0 saturated heterocycles. The van der Waals surface area contributed by atoms with E-state index in [1.165, 1.54) is 85.9 Å². The van der Waals surface area contributed by atoms with Crippen molar-refractivity contribution in [2.24, 2.45) is 0 Å². The van der Waals surface area contributed by atoms with Gasteiger partial charge in [0.05, 0.1) is 48.8 Å². The first-order valence-electron chi connectivity index (χ1n) is 20.4. The van der Waals surface area contributed by atoms with Crippen molar-refractivity contribution < 1.29 is 0 Å². The topological polar surface area (TPSA) is 40.0 Å². The van der Waals surface area contributed by atoms with Crippen LogP contribution in [0.25, 0.3) is 135 Å². The summed E-state index contributed by atoms with van der Waals surface area (Å²) in [5.74, 6) is 1.55. The van der Waals surface area contributed by atoms with E-state index < -0.39 is 0 Å². The maximum Gasteiger partial charge on any atom is 0.237 e. The van der Waals surface area contributed by atoms with Crippen LogP contribution in [0.15, 0.2) is 176 Å². The standard InChI is InChI=1S/C54H29N5S/c1-3-15-32-30(13-1)25-27-42-46(32)35-18-6-11-23-41(35)58(42)53-52-50(37-20-8-12-24-45(37)60-52)55-54(56-53)59-43-28-26-31-14-2-4-16-33(31)47(43)49-44(59)29-38-34-17-5-9-21-39(34)57-40-22-10-7-19-36(40)48(49)51(38)57/h1-29H. The second kappa shape index (κ2) is 11.0. The van der Waals surface area contributed by atoms with Gasteiger partial charge in [0, 0.05) is 53.2 Å². The summed E-state index contributed by atoms with van der Waals surface area (Å²) in [6.45, 7) is 0. The number of aromatic nitrogens is 5. The van der Waals surface area contributed by atoms with Crippen molar-refractivity contribution in [2.45, 2.75) is 0 Å². The molecule has 6 aromatic heterocycles. The van der Waals surface area contributed by atoms with Gasteiger partial charge in [0.2, 0.25) is 5.95 Å². The molecule has 0 radical (unpaired) electrons. The molecule has 0 atom stereocenters. The van der Waals surface area contributed by atoms with Gasteiger partial charge in [-0.2, -0.15) is 4.98 Å². The quantitative estimate of drug-likeness (QED) is 0.175. The Hall–Kier alpha value is -7.80. The van der Waals surface area contributed by atoms with Crippen LogP contribution in [0.2, 0.25) is 0 Å². The van der Waals surface area contributed by atoms with E-state index in [1.807, 2.05) is 0 Å². The monoisotopic (exact) mass is 779 g/mol. The lowest BCUT2D eigenvalue weighted by Gasteiger charge is -2.13. The van der Waals surface area contributed by atoms with Crippen molar-refractivity contribution in [3.8, 4) is 11.8 Å². The van der Waals surface area contributed by atoms with Crippen molar-refractivity contribution in [2.75, 3.05) is 0 Å². The Morgan fingerprint density at radius 1 is 0.367 bits per heavy atom. The molecule has 6 heteroatoms. The van der Waals surface area contributed by atoms with Gasteiger partial charge in [-0.05, 0) is 64.0 Å². The van der Waals surface area contributed by atoms with Gasteiger partial charge in [-0.1, -0.05) is 133 Å². The van der Waals surface area contributed by atoms with Gasteiger partial charge in [0.25, 0.3) is 0 Å². The first-order chi connectivity index (χ1) is 29.8. The lowest BCUT2D eigenvalue weighted by Crippen LogP contribution is -2.06. The number of thiophene rings is 1. The van der Waals surface area contributed by atoms with Crippen LogP contribution in [-0.4, -0.2) is 23.5 Å². The molecule has 0 unspecified atom stereocenters. The first-order valence-corrected chi connectivity index (χ1v) is 21.2. The molecule has 15 rings (SSSR count). The van der Waals surface area contributed by atoms with E-state index in [4.69, 9.17) is 9.97 Å². The summed E-state index contributed by atoms with van der Waals surface area (Å²) < 4.78 is 9.50. The van der Waals surface area contributed by atoms with Gasteiger partial charge < -0.3 is 4.40 Å². The van der Waals surface area contributed by atoms with E-state index in [-0.39, 0.29) is 0 Å². The number of benzene rings is 9. The molecule has 0 N–H and O–H groups in total. The summed E-state index contributed by atoms with van der Waals surface area (Å²) in [6, 6.07) is 64.2. The highest BCUT2D eigenvalue weighted by Gasteiger charge is 2.27. The number of hydrogen-bond donors (Lipinski definition) is 0. The smallest absolute Gasteiger partial charge is 0.237 e. The normalized spacial score (nSPS) is 12.7. The van der Waals surface area contributed by atoms with E-state index in [0.717, 1.165) is 43.5 Å². The number of hydrogen-bond acceptors (Lipinski definition) is 3. The van der Waals surface area contributed by atoms with E-state index >= 15 is 0 Å². The fraction of sp³-hybridized carbons (Fsp3) is 0. The molecule has 0 spiro atoms. The zero-order chi connectivity index (χ0) is 38.8. The highest BCUT2D eigenvalue weighted by Crippen LogP contribution is 2.49. The Morgan fingerprint density at radius 3 is 1.68 bits per heavy atom. The number of nitrogens with zero attached hydrogens (tertiary/aromatic N) is 5. The average molecular weight is 780 g/mol. The van der Waals surface area contributed by atoms with Crippen molar-refractivity contribution in [1.82, 2.24) is 23.5 Å². The van der Waals surface area contributed by atoms with Crippen LogP contribution in [0, 0.1) is 0 Å². The van der Waals surface area contributed by atoms with Crippen LogP contribution in [0.1, 0.15) is 0 Å². The summed E-state index contributed by atoms with van der Waals surface area (Å²) in [5.41, 5.74) is 9.10. The minimum atomic E-state index is 0.657. The minimum Gasteiger partial charge on any atom is -0.308 e. The molecule has 0 bridgehead atoms. The minimum absolute atomic E-state index is 0.657. The van der Waals surface area contributed by atoms with Crippen molar-refractivity contribution in [3.05, 3.63) is 176 Å². The molecular formula is C54H29N5S. The molecule has 276 valence electrons. The van der Waals surface area contributed by atoms with Crippen LogP contribution in [-0.2, 0) is 0 Å². The predicted octanol–water partition coefficient (Wildman–Crippen LogP) is 14.5. The third-order valence-corrected chi connectivity index (χ3v) is 14.3. The zero-order valence-corrected chi connectivity index (χ0v) is 32.7. The average Bonchev–Trinajstić information content (AvgIpc) is 4.10. The van der Waals surface area contributed by atoms with Crippen molar-refractivity contribution in [1.29, 1.82) is 0 Å². The van der Waals surface area contributed by atoms with Crippen LogP contribution in [0.5, 0.6) is 0 Å².